The Morgan fingerprint density at radius 1 is 1.21 bits per heavy atom. The Morgan fingerprint density at radius 3 is 2.79 bits per heavy atom. The van der Waals surface area contributed by atoms with E-state index in [1.165, 1.54) is 16.7 Å². The van der Waals surface area contributed by atoms with Crippen molar-refractivity contribution in [3.63, 3.8) is 0 Å². The zero-order valence-electron chi connectivity index (χ0n) is 16.4. The summed E-state index contributed by atoms with van der Waals surface area (Å²) in [6.07, 6.45) is 5.53. The predicted molar refractivity (Wildman–Crippen MR) is 109 cm³/mol. The average Bonchev–Trinajstić information content (AvgIpc) is 2.74. The van der Waals surface area contributed by atoms with Crippen LogP contribution in [0.2, 0.25) is 0 Å². The number of nitrogens with zero attached hydrogens (tertiary/aromatic N) is 1. The van der Waals surface area contributed by atoms with Crippen LogP contribution in [0.1, 0.15) is 55.2 Å². The van der Waals surface area contributed by atoms with Gasteiger partial charge in [0.25, 0.3) is 0 Å². The number of aryl methyl sites for hydroxylation is 1. The van der Waals surface area contributed by atoms with Crippen molar-refractivity contribution in [2.24, 2.45) is 17.3 Å². The Kier molecular flexibility index (Phi) is 5.22. The first-order chi connectivity index (χ1) is 13.6. The van der Waals surface area contributed by atoms with Crippen LogP contribution in [0.3, 0.4) is 0 Å². The molecular formula is C25H27NO2. The van der Waals surface area contributed by atoms with E-state index >= 15 is 0 Å². The SMILES string of the molecule is C[C@]1(C=O)CC[C@@H]2c3ccc(OCc4ccccc4)cc3CC[C@H]2[C@@H]1CC#N. The van der Waals surface area contributed by atoms with Crippen LogP contribution in [0, 0.1) is 28.6 Å². The molecule has 2 aromatic carbocycles. The molecule has 0 aliphatic heterocycles. The highest BCUT2D eigenvalue weighted by Crippen LogP contribution is 2.55. The summed E-state index contributed by atoms with van der Waals surface area (Å²) in [5, 5.41) is 9.34. The van der Waals surface area contributed by atoms with Crippen LogP contribution < -0.4 is 4.74 Å². The van der Waals surface area contributed by atoms with E-state index in [4.69, 9.17) is 4.74 Å². The molecule has 4 atom stereocenters. The van der Waals surface area contributed by atoms with Gasteiger partial charge in [-0.3, -0.25) is 0 Å². The maximum atomic E-state index is 11.8. The second-order valence-corrected chi connectivity index (χ2v) is 8.57. The van der Waals surface area contributed by atoms with E-state index in [9.17, 15) is 10.1 Å². The van der Waals surface area contributed by atoms with Gasteiger partial charge in [-0.05, 0) is 72.3 Å². The van der Waals surface area contributed by atoms with E-state index in [0.29, 0.717) is 24.9 Å². The molecule has 0 amide bonds. The van der Waals surface area contributed by atoms with Crippen LogP contribution >= 0.6 is 0 Å². The van der Waals surface area contributed by atoms with Crippen LogP contribution in [0.5, 0.6) is 5.75 Å². The number of hydrogen-bond acceptors (Lipinski definition) is 3. The zero-order valence-corrected chi connectivity index (χ0v) is 16.4. The highest BCUT2D eigenvalue weighted by molar-refractivity contribution is 5.60. The Hall–Kier alpha value is -2.60. The van der Waals surface area contributed by atoms with Crippen molar-refractivity contribution >= 4 is 6.29 Å². The van der Waals surface area contributed by atoms with E-state index in [1.807, 2.05) is 25.1 Å². The number of carbonyl (C=O) groups excluding carboxylic acids is 1. The first-order valence-electron chi connectivity index (χ1n) is 10.3. The molecule has 28 heavy (non-hydrogen) atoms. The normalized spacial score (nSPS) is 28.5. The lowest BCUT2D eigenvalue weighted by Gasteiger charge is -2.49. The largest absolute Gasteiger partial charge is 0.489 e. The minimum atomic E-state index is -0.354. The molecule has 1 saturated carbocycles. The molecule has 0 heterocycles. The van der Waals surface area contributed by atoms with Crippen molar-refractivity contribution in [3.05, 3.63) is 65.2 Å². The Bertz CT molecular complexity index is 885. The Labute approximate surface area is 167 Å². The van der Waals surface area contributed by atoms with E-state index in [1.54, 1.807) is 0 Å². The summed E-state index contributed by atoms with van der Waals surface area (Å²) in [4.78, 5) is 11.8. The molecule has 0 saturated heterocycles. The molecule has 4 rings (SSSR count). The maximum Gasteiger partial charge on any atom is 0.126 e. The Balaban J connectivity index is 1.54. The topological polar surface area (TPSA) is 50.1 Å². The molecule has 0 unspecified atom stereocenters. The van der Waals surface area contributed by atoms with Crippen molar-refractivity contribution in [1.29, 1.82) is 5.26 Å². The maximum absolute atomic E-state index is 11.8. The van der Waals surface area contributed by atoms with E-state index in [0.717, 1.165) is 37.7 Å². The number of nitriles is 1. The number of benzene rings is 2. The molecule has 1 fully saturated rings. The molecule has 3 heteroatoms. The molecule has 0 radical (unpaired) electrons. The smallest absolute Gasteiger partial charge is 0.126 e. The fourth-order valence-electron chi connectivity index (χ4n) is 5.37. The van der Waals surface area contributed by atoms with Crippen LogP contribution in [0.4, 0.5) is 0 Å². The minimum absolute atomic E-state index is 0.163. The molecule has 3 nitrogen and oxygen atoms in total. The molecule has 2 aromatic rings. The molecule has 144 valence electrons. The number of hydrogen-bond donors (Lipinski definition) is 0. The van der Waals surface area contributed by atoms with Gasteiger partial charge in [-0.25, -0.2) is 0 Å². The van der Waals surface area contributed by atoms with Crippen LogP contribution in [-0.4, -0.2) is 6.29 Å². The number of rotatable bonds is 5. The number of carbonyl (C=O) groups is 1. The van der Waals surface area contributed by atoms with Gasteiger partial charge in [0.1, 0.15) is 18.6 Å². The van der Waals surface area contributed by atoms with Gasteiger partial charge < -0.3 is 9.53 Å². The summed E-state index contributed by atoms with van der Waals surface area (Å²) in [5.74, 6) is 1.96. The van der Waals surface area contributed by atoms with Gasteiger partial charge in [0.2, 0.25) is 0 Å². The summed E-state index contributed by atoms with van der Waals surface area (Å²) >= 11 is 0. The van der Waals surface area contributed by atoms with Crippen molar-refractivity contribution in [1.82, 2.24) is 0 Å². The first kappa shape index (κ1) is 18.7. The standard InChI is InChI=1S/C25H27NO2/c1-25(17-27)13-11-22-21-10-8-20(28-16-18-5-3-2-4-6-18)15-19(21)7-9-23(22)24(25)12-14-26/h2-6,8,10,15,17,22-24H,7,9,11-13,16H2,1H3/t22-,23-,24+,25-/m1/s1. The second-order valence-electron chi connectivity index (χ2n) is 8.57. The molecule has 2 aliphatic rings. The van der Waals surface area contributed by atoms with Gasteiger partial charge in [0.15, 0.2) is 0 Å². The van der Waals surface area contributed by atoms with E-state index in [-0.39, 0.29) is 11.3 Å². The highest BCUT2D eigenvalue weighted by atomic mass is 16.5. The van der Waals surface area contributed by atoms with Gasteiger partial charge in [0, 0.05) is 11.8 Å². The molecule has 0 bridgehead atoms. The van der Waals surface area contributed by atoms with E-state index in [2.05, 4.69) is 36.4 Å². The summed E-state index contributed by atoms with van der Waals surface area (Å²) in [7, 11) is 0. The van der Waals surface area contributed by atoms with Crippen LogP contribution in [0.25, 0.3) is 0 Å². The first-order valence-corrected chi connectivity index (χ1v) is 10.3. The minimum Gasteiger partial charge on any atom is -0.489 e. The summed E-state index contributed by atoms with van der Waals surface area (Å²) < 4.78 is 6.01. The van der Waals surface area contributed by atoms with Gasteiger partial charge >= 0.3 is 0 Å². The van der Waals surface area contributed by atoms with Crippen LogP contribution in [-0.2, 0) is 17.8 Å². The third kappa shape index (κ3) is 3.44. The monoisotopic (exact) mass is 373 g/mol. The zero-order chi connectivity index (χ0) is 19.6. The van der Waals surface area contributed by atoms with Crippen LogP contribution in [0.15, 0.2) is 48.5 Å². The summed E-state index contributed by atoms with van der Waals surface area (Å²) in [6, 6.07) is 19.1. The number of ether oxygens (including phenoxy) is 1. The van der Waals surface area contributed by atoms with Crippen molar-refractivity contribution in [2.45, 2.75) is 51.6 Å². The van der Waals surface area contributed by atoms with Crippen molar-refractivity contribution in [2.75, 3.05) is 0 Å². The molecule has 0 spiro atoms. The quantitative estimate of drug-likeness (QED) is 0.656. The fraction of sp³-hybridized carbons (Fsp3) is 0.440. The average molecular weight is 373 g/mol. The lowest BCUT2D eigenvalue weighted by atomic mass is 9.54. The fourth-order valence-corrected chi connectivity index (χ4v) is 5.37. The third-order valence-electron chi connectivity index (χ3n) is 6.96. The number of fused-ring (bicyclic) bond motifs is 3. The van der Waals surface area contributed by atoms with Gasteiger partial charge in [0.05, 0.1) is 6.07 Å². The van der Waals surface area contributed by atoms with Gasteiger partial charge in [-0.1, -0.05) is 43.3 Å². The molecule has 0 aromatic heterocycles. The van der Waals surface area contributed by atoms with Crippen molar-refractivity contribution in [3.8, 4) is 11.8 Å². The second kappa shape index (κ2) is 7.80. The lowest BCUT2D eigenvalue weighted by Crippen LogP contribution is -2.43. The third-order valence-corrected chi connectivity index (χ3v) is 6.96. The predicted octanol–water partition coefficient (Wildman–Crippen LogP) is 5.44. The molecule has 0 N–H and O–H groups in total. The summed E-state index contributed by atoms with van der Waals surface area (Å²) in [5.41, 5.74) is 3.59. The highest BCUT2D eigenvalue weighted by Gasteiger charge is 2.48. The lowest BCUT2D eigenvalue weighted by molar-refractivity contribution is -0.122. The Morgan fingerprint density at radius 2 is 2.04 bits per heavy atom. The number of aldehydes is 1. The molecular weight excluding hydrogens is 346 g/mol. The van der Waals surface area contributed by atoms with E-state index < -0.39 is 0 Å². The van der Waals surface area contributed by atoms with Crippen molar-refractivity contribution < 1.29 is 9.53 Å². The summed E-state index contributed by atoms with van der Waals surface area (Å²) in [6.45, 7) is 2.63. The van der Waals surface area contributed by atoms with Gasteiger partial charge in [-0.2, -0.15) is 5.26 Å². The van der Waals surface area contributed by atoms with Gasteiger partial charge in [-0.15, -0.1) is 0 Å². The molecule has 2 aliphatic carbocycles.